The Bertz CT molecular complexity index is 114. The molecule has 0 unspecified atom stereocenters. The topological polar surface area (TPSA) is 0 Å². The molecule has 0 aliphatic rings. The Morgan fingerprint density at radius 1 is 1.62 bits per heavy atom. The molecule has 0 aliphatic carbocycles. The molecule has 0 radical (unpaired) electrons. The zero-order chi connectivity index (χ0) is 6.24. The van der Waals surface area contributed by atoms with Gasteiger partial charge >= 0.3 is 0 Å². The third kappa shape index (κ3) is 6.03. The molecule has 0 spiro atoms. The molecule has 0 N–H and O–H groups in total. The summed E-state index contributed by atoms with van der Waals surface area (Å²) in [7, 11) is 0. The zero-order valence-electron chi connectivity index (χ0n) is 4.95. The first kappa shape index (κ1) is 8.03. The maximum Gasteiger partial charge on any atom is 0.0185 e. The average molecular weight is 220 g/mol. The van der Waals surface area contributed by atoms with E-state index < -0.39 is 0 Å². The predicted molar refractivity (Wildman–Crippen MR) is 45.8 cm³/mol. The third-order valence-corrected chi connectivity index (χ3v) is 1.02. The number of hydrogen-bond donors (Lipinski definition) is 0. The molecule has 0 bridgehead atoms. The van der Waals surface area contributed by atoms with E-state index in [0.717, 1.165) is 6.42 Å². The van der Waals surface area contributed by atoms with Crippen molar-refractivity contribution in [1.29, 1.82) is 0 Å². The monoisotopic (exact) mass is 220 g/mol. The van der Waals surface area contributed by atoms with Crippen LogP contribution in [0, 0.1) is 9.85 Å². The Labute approximate surface area is 64.5 Å². The lowest BCUT2D eigenvalue weighted by Gasteiger charge is -1.76. The molecule has 44 valence electrons. The first-order chi connectivity index (χ1) is 3.91. The van der Waals surface area contributed by atoms with Gasteiger partial charge in [-0.2, -0.15) is 0 Å². The van der Waals surface area contributed by atoms with Crippen molar-refractivity contribution in [3.05, 3.63) is 12.2 Å². The molecule has 0 heterocycles. The Hall–Kier alpha value is 0.0300. The fourth-order valence-electron chi connectivity index (χ4n) is 0.340. The summed E-state index contributed by atoms with van der Waals surface area (Å²) in [5.41, 5.74) is 0. The fourth-order valence-corrected chi connectivity index (χ4v) is 0.520. The zero-order valence-corrected chi connectivity index (χ0v) is 7.10. The van der Waals surface area contributed by atoms with Crippen molar-refractivity contribution in [2.75, 3.05) is 0 Å². The maximum absolute atomic E-state index is 2.84. The minimum atomic E-state index is 1.14. The van der Waals surface area contributed by atoms with Crippen molar-refractivity contribution in [3.63, 3.8) is 0 Å². The van der Waals surface area contributed by atoms with Gasteiger partial charge in [-0.05, 0) is 16.4 Å². The largest absolute Gasteiger partial charge is 0.0761 e. The highest BCUT2D eigenvalue weighted by Gasteiger charge is 1.67. The van der Waals surface area contributed by atoms with Gasteiger partial charge in [0.15, 0.2) is 0 Å². The van der Waals surface area contributed by atoms with Gasteiger partial charge in [0.25, 0.3) is 0 Å². The van der Waals surface area contributed by atoms with Crippen LogP contribution in [-0.4, -0.2) is 0 Å². The van der Waals surface area contributed by atoms with Gasteiger partial charge in [-0.3, -0.25) is 0 Å². The summed E-state index contributed by atoms with van der Waals surface area (Å²) in [6.07, 6.45) is 6.34. The quantitative estimate of drug-likeness (QED) is 0.495. The van der Waals surface area contributed by atoms with Crippen molar-refractivity contribution in [2.24, 2.45) is 0 Å². The molecule has 8 heavy (non-hydrogen) atoms. The lowest BCUT2D eigenvalue weighted by molar-refractivity contribution is 0.959. The van der Waals surface area contributed by atoms with Crippen LogP contribution in [0.2, 0.25) is 0 Å². The Morgan fingerprint density at radius 2 is 2.38 bits per heavy atom. The van der Waals surface area contributed by atoms with E-state index in [0.29, 0.717) is 0 Å². The van der Waals surface area contributed by atoms with Crippen LogP contribution in [0.4, 0.5) is 0 Å². The molecule has 0 saturated carbocycles. The van der Waals surface area contributed by atoms with Crippen molar-refractivity contribution in [1.82, 2.24) is 0 Å². The molecule has 0 atom stereocenters. The molecule has 0 fully saturated rings. The van der Waals surface area contributed by atoms with Crippen LogP contribution in [0.5, 0.6) is 0 Å². The van der Waals surface area contributed by atoms with Crippen molar-refractivity contribution < 1.29 is 0 Å². The summed E-state index contributed by atoms with van der Waals surface area (Å²) in [6.45, 7) is 2.15. The number of halogens is 1. The van der Waals surface area contributed by atoms with E-state index in [1.54, 1.807) is 0 Å². The second kappa shape index (κ2) is 7.03. The minimum absolute atomic E-state index is 1.14. The normalized spacial score (nSPS) is 8.75. The van der Waals surface area contributed by atoms with Gasteiger partial charge in [0, 0.05) is 22.6 Å². The molecule has 0 aromatic heterocycles. The van der Waals surface area contributed by atoms with Gasteiger partial charge in [-0.15, -0.1) is 0 Å². The molecule has 0 aromatic carbocycles. The van der Waals surface area contributed by atoms with Crippen LogP contribution in [0.3, 0.4) is 0 Å². The molecule has 0 aliphatic heterocycles. The van der Waals surface area contributed by atoms with Crippen LogP contribution in [0.25, 0.3) is 0 Å². The second-order valence-electron chi connectivity index (χ2n) is 1.43. The molecule has 0 rings (SSSR count). The molecule has 1 heteroatoms. The smallest absolute Gasteiger partial charge is 0.0185 e. The van der Waals surface area contributed by atoms with E-state index in [1.165, 1.54) is 6.42 Å². The van der Waals surface area contributed by atoms with Gasteiger partial charge in [-0.25, -0.2) is 0 Å². The van der Waals surface area contributed by atoms with Crippen molar-refractivity contribution >= 4 is 22.6 Å². The highest BCUT2D eigenvalue weighted by atomic mass is 127. The Kier molecular flexibility index (Phi) is 7.06. The standard InChI is InChI=1S/C7H9I/c1-2-3-4-5-6-7-8/h4-5H,2-3H2,1H3/b5-4+. The summed E-state index contributed by atoms with van der Waals surface area (Å²) in [4.78, 5) is 0. The number of hydrogen-bond acceptors (Lipinski definition) is 0. The Morgan fingerprint density at radius 3 is 2.88 bits per heavy atom. The fraction of sp³-hybridized carbons (Fsp3) is 0.429. The van der Waals surface area contributed by atoms with Crippen LogP contribution >= 0.6 is 22.6 Å². The molecular formula is C7H9I. The van der Waals surface area contributed by atoms with Crippen molar-refractivity contribution in [3.8, 4) is 9.85 Å². The highest BCUT2D eigenvalue weighted by Crippen LogP contribution is 1.86. The SMILES string of the molecule is CCC/C=C/C#CI. The van der Waals surface area contributed by atoms with Gasteiger partial charge in [0.1, 0.15) is 0 Å². The average Bonchev–Trinajstić information content (AvgIpc) is 1.81. The molecule has 0 amide bonds. The first-order valence-corrected chi connectivity index (χ1v) is 3.76. The van der Waals surface area contributed by atoms with Gasteiger partial charge in [0.05, 0.1) is 0 Å². The lowest BCUT2D eigenvalue weighted by Crippen LogP contribution is -1.57. The predicted octanol–water partition coefficient (Wildman–Crippen LogP) is 2.74. The van der Waals surface area contributed by atoms with E-state index in [1.807, 2.05) is 28.7 Å². The summed E-state index contributed by atoms with van der Waals surface area (Å²) in [5, 5.41) is 0. The molecule has 0 saturated heterocycles. The van der Waals surface area contributed by atoms with Crippen molar-refractivity contribution in [2.45, 2.75) is 19.8 Å². The van der Waals surface area contributed by atoms with Gasteiger partial charge < -0.3 is 0 Å². The summed E-state index contributed by atoms with van der Waals surface area (Å²) in [5.74, 6) is 2.84. The van der Waals surface area contributed by atoms with E-state index >= 15 is 0 Å². The van der Waals surface area contributed by atoms with Crippen LogP contribution in [-0.2, 0) is 0 Å². The summed E-state index contributed by atoms with van der Waals surface area (Å²) < 4.78 is 2.76. The molecular weight excluding hydrogens is 211 g/mol. The van der Waals surface area contributed by atoms with Crippen LogP contribution < -0.4 is 0 Å². The van der Waals surface area contributed by atoms with E-state index in [4.69, 9.17) is 0 Å². The third-order valence-electron chi connectivity index (χ3n) is 0.711. The van der Waals surface area contributed by atoms with E-state index in [2.05, 4.69) is 22.8 Å². The molecule has 0 aromatic rings. The van der Waals surface area contributed by atoms with E-state index in [9.17, 15) is 0 Å². The van der Waals surface area contributed by atoms with Gasteiger partial charge in [0.2, 0.25) is 0 Å². The summed E-state index contributed by atoms with van der Waals surface area (Å²) >= 11 is 2.03. The summed E-state index contributed by atoms with van der Waals surface area (Å²) in [6, 6.07) is 0. The van der Waals surface area contributed by atoms with Crippen LogP contribution in [0.1, 0.15) is 19.8 Å². The minimum Gasteiger partial charge on any atom is -0.0761 e. The second-order valence-corrected chi connectivity index (χ2v) is 1.97. The first-order valence-electron chi connectivity index (χ1n) is 2.68. The number of allylic oxidation sites excluding steroid dienone is 2. The van der Waals surface area contributed by atoms with Crippen LogP contribution in [0.15, 0.2) is 12.2 Å². The van der Waals surface area contributed by atoms with E-state index in [-0.39, 0.29) is 0 Å². The Balaban J connectivity index is 3.16. The van der Waals surface area contributed by atoms with Gasteiger partial charge in [-0.1, -0.05) is 25.3 Å². The maximum atomic E-state index is 2.84. The highest BCUT2D eigenvalue weighted by molar-refractivity contribution is 14.1. The lowest BCUT2D eigenvalue weighted by atomic mass is 10.3. The number of unbranched alkanes of at least 4 members (excludes halogenated alkanes) is 1. The number of rotatable bonds is 2. The molecule has 0 nitrogen and oxygen atoms in total.